The van der Waals surface area contributed by atoms with Gasteiger partial charge in [-0.15, -0.1) is 0 Å². The van der Waals surface area contributed by atoms with Crippen molar-refractivity contribution in [1.29, 1.82) is 0 Å². The van der Waals surface area contributed by atoms with E-state index in [0.29, 0.717) is 11.3 Å². The van der Waals surface area contributed by atoms with Crippen molar-refractivity contribution in [2.45, 2.75) is 12.3 Å². The molecule has 3 rings (SSSR count). The first-order chi connectivity index (χ1) is 10.2. The monoisotopic (exact) mass is 300 g/mol. The number of benzene rings is 2. The smallest absolute Gasteiger partial charge is 0.129 e. The fourth-order valence-corrected chi connectivity index (χ4v) is 3.12. The first-order valence-corrected chi connectivity index (χ1v) is 7.49. The molecule has 0 aromatic heterocycles. The van der Waals surface area contributed by atoms with Gasteiger partial charge in [0.25, 0.3) is 0 Å². The van der Waals surface area contributed by atoms with E-state index >= 15 is 0 Å². The molecule has 0 amide bonds. The van der Waals surface area contributed by atoms with Crippen molar-refractivity contribution in [2.75, 3.05) is 7.11 Å². The predicted molar refractivity (Wildman–Crippen MR) is 85.8 cm³/mol. The van der Waals surface area contributed by atoms with Gasteiger partial charge in [-0.3, -0.25) is 5.43 Å². The Bertz CT molecular complexity index is 683. The van der Waals surface area contributed by atoms with Gasteiger partial charge in [0, 0.05) is 0 Å². The van der Waals surface area contributed by atoms with E-state index in [9.17, 15) is 5.11 Å². The van der Waals surface area contributed by atoms with Crippen LogP contribution in [0.5, 0.6) is 11.5 Å². The lowest BCUT2D eigenvalue weighted by atomic mass is 10.1. The molecule has 2 aromatic carbocycles. The van der Waals surface area contributed by atoms with Crippen molar-refractivity contribution in [3.05, 3.63) is 59.2 Å². The second-order valence-corrected chi connectivity index (χ2v) is 5.93. The number of hydrogen-bond donors (Lipinski definition) is 2. The third-order valence-corrected chi connectivity index (χ3v) is 4.47. The molecule has 0 aliphatic carbocycles. The Balaban J connectivity index is 1.82. The highest BCUT2D eigenvalue weighted by Gasteiger charge is 2.24. The SMILES string of the molecule is COc1ccc(O)c(C2=NNC(c3ccc(C)cc3)S2)c1. The molecule has 108 valence electrons. The van der Waals surface area contributed by atoms with Crippen molar-refractivity contribution in [3.8, 4) is 11.5 Å². The fourth-order valence-electron chi connectivity index (χ4n) is 2.10. The lowest BCUT2D eigenvalue weighted by Gasteiger charge is -2.10. The third kappa shape index (κ3) is 2.83. The van der Waals surface area contributed by atoms with Crippen LogP contribution in [0.3, 0.4) is 0 Å². The fraction of sp³-hybridized carbons (Fsp3) is 0.188. The van der Waals surface area contributed by atoms with E-state index in [-0.39, 0.29) is 11.1 Å². The minimum Gasteiger partial charge on any atom is -0.507 e. The topological polar surface area (TPSA) is 53.9 Å². The van der Waals surface area contributed by atoms with Crippen molar-refractivity contribution in [2.24, 2.45) is 5.10 Å². The minimum absolute atomic E-state index is 0.0613. The quantitative estimate of drug-likeness (QED) is 0.912. The molecule has 1 atom stereocenters. The van der Waals surface area contributed by atoms with Crippen LogP contribution in [0, 0.1) is 6.92 Å². The average Bonchev–Trinajstić information content (AvgIpc) is 2.98. The standard InChI is InChI=1S/C16H16N2O2S/c1-10-3-5-11(6-4-10)15-17-18-16(21-15)13-9-12(20-2)7-8-14(13)19/h3-9,15,17,19H,1-2H3. The molecule has 0 saturated heterocycles. The number of phenolic OH excluding ortho intramolecular Hbond substituents is 1. The number of rotatable bonds is 3. The van der Waals surface area contributed by atoms with E-state index in [4.69, 9.17) is 4.74 Å². The van der Waals surface area contributed by atoms with Crippen LogP contribution in [0.1, 0.15) is 22.1 Å². The molecule has 0 saturated carbocycles. The van der Waals surface area contributed by atoms with Gasteiger partial charge >= 0.3 is 0 Å². The number of hydrazone groups is 1. The lowest BCUT2D eigenvalue weighted by molar-refractivity contribution is 0.412. The molecule has 2 N–H and O–H groups in total. The molecule has 5 heteroatoms. The predicted octanol–water partition coefficient (Wildman–Crippen LogP) is 3.41. The number of thioether (sulfide) groups is 1. The van der Waals surface area contributed by atoms with E-state index < -0.39 is 0 Å². The van der Waals surface area contributed by atoms with Crippen molar-refractivity contribution in [1.82, 2.24) is 5.43 Å². The van der Waals surface area contributed by atoms with E-state index in [1.165, 1.54) is 5.56 Å². The molecule has 1 aliphatic rings. The van der Waals surface area contributed by atoms with Crippen LogP contribution < -0.4 is 10.2 Å². The van der Waals surface area contributed by atoms with Crippen LogP contribution in [0.2, 0.25) is 0 Å². The highest BCUT2D eigenvalue weighted by molar-refractivity contribution is 8.14. The first kappa shape index (κ1) is 13.8. The molecule has 4 nitrogen and oxygen atoms in total. The average molecular weight is 300 g/mol. The van der Waals surface area contributed by atoms with E-state index in [2.05, 4.69) is 41.7 Å². The summed E-state index contributed by atoms with van der Waals surface area (Å²) in [5.41, 5.74) is 6.18. The van der Waals surface area contributed by atoms with Gasteiger partial charge in [-0.2, -0.15) is 5.10 Å². The Morgan fingerprint density at radius 3 is 2.67 bits per heavy atom. The molecule has 1 unspecified atom stereocenters. The van der Waals surface area contributed by atoms with Crippen LogP contribution in [0.25, 0.3) is 0 Å². The normalized spacial score (nSPS) is 17.2. The van der Waals surface area contributed by atoms with Gasteiger partial charge in [0.1, 0.15) is 21.9 Å². The van der Waals surface area contributed by atoms with Gasteiger partial charge in [-0.05, 0) is 30.7 Å². The Hall–Kier alpha value is -2.14. The van der Waals surface area contributed by atoms with Crippen LogP contribution in [-0.2, 0) is 0 Å². The molecule has 1 heterocycles. The number of hydrogen-bond acceptors (Lipinski definition) is 5. The Labute approximate surface area is 127 Å². The molecule has 1 aliphatic heterocycles. The molecule has 0 fully saturated rings. The van der Waals surface area contributed by atoms with Crippen LogP contribution >= 0.6 is 11.8 Å². The molecule has 0 bridgehead atoms. The lowest BCUT2D eigenvalue weighted by Crippen LogP contribution is -2.06. The summed E-state index contributed by atoms with van der Waals surface area (Å²) in [5, 5.41) is 15.2. The summed E-state index contributed by atoms with van der Waals surface area (Å²) in [6.45, 7) is 2.06. The van der Waals surface area contributed by atoms with Crippen LogP contribution in [0.15, 0.2) is 47.6 Å². The van der Waals surface area contributed by atoms with Gasteiger partial charge in [0.2, 0.25) is 0 Å². The zero-order valence-corrected chi connectivity index (χ0v) is 12.6. The summed E-state index contributed by atoms with van der Waals surface area (Å²) in [7, 11) is 1.60. The molecular weight excluding hydrogens is 284 g/mol. The summed E-state index contributed by atoms with van der Waals surface area (Å²) in [6.07, 6.45) is 0. The highest BCUT2D eigenvalue weighted by Crippen LogP contribution is 2.37. The minimum atomic E-state index is 0.0613. The maximum absolute atomic E-state index is 10.0. The second kappa shape index (κ2) is 5.69. The number of methoxy groups -OCH3 is 1. The van der Waals surface area contributed by atoms with Gasteiger partial charge in [0.15, 0.2) is 0 Å². The van der Waals surface area contributed by atoms with E-state index in [1.807, 2.05) is 0 Å². The van der Waals surface area contributed by atoms with E-state index in [1.54, 1.807) is 37.1 Å². The molecule has 0 spiro atoms. The van der Waals surface area contributed by atoms with Crippen molar-refractivity contribution in [3.63, 3.8) is 0 Å². The number of nitrogens with zero attached hydrogens (tertiary/aromatic N) is 1. The number of aryl methyl sites for hydroxylation is 1. The molecule has 0 radical (unpaired) electrons. The Kier molecular flexibility index (Phi) is 3.75. The van der Waals surface area contributed by atoms with Gasteiger partial charge < -0.3 is 9.84 Å². The van der Waals surface area contributed by atoms with Gasteiger partial charge in [-0.25, -0.2) is 0 Å². The number of nitrogens with one attached hydrogen (secondary N) is 1. The van der Waals surface area contributed by atoms with Crippen molar-refractivity contribution < 1.29 is 9.84 Å². The summed E-state index contributed by atoms with van der Waals surface area (Å²) in [4.78, 5) is 0. The number of ether oxygens (including phenoxy) is 1. The number of aromatic hydroxyl groups is 1. The van der Waals surface area contributed by atoms with Crippen LogP contribution in [-0.4, -0.2) is 17.3 Å². The second-order valence-electron chi connectivity index (χ2n) is 4.84. The molecular formula is C16H16N2O2S. The van der Waals surface area contributed by atoms with Crippen LogP contribution in [0.4, 0.5) is 0 Å². The maximum Gasteiger partial charge on any atom is 0.129 e. The highest BCUT2D eigenvalue weighted by atomic mass is 32.2. The number of phenols is 1. The summed E-state index contributed by atoms with van der Waals surface area (Å²) < 4.78 is 5.20. The molecule has 21 heavy (non-hydrogen) atoms. The summed E-state index contributed by atoms with van der Waals surface area (Å²) in [6, 6.07) is 13.5. The largest absolute Gasteiger partial charge is 0.507 e. The van der Waals surface area contributed by atoms with Crippen molar-refractivity contribution >= 4 is 16.8 Å². The Morgan fingerprint density at radius 1 is 1.19 bits per heavy atom. The zero-order valence-electron chi connectivity index (χ0n) is 11.8. The summed E-state index contributed by atoms with van der Waals surface area (Å²) >= 11 is 1.58. The van der Waals surface area contributed by atoms with Gasteiger partial charge in [-0.1, -0.05) is 41.6 Å². The Morgan fingerprint density at radius 2 is 1.95 bits per heavy atom. The maximum atomic E-state index is 10.0. The van der Waals surface area contributed by atoms with E-state index in [0.717, 1.165) is 10.6 Å². The zero-order chi connectivity index (χ0) is 14.8. The molecule has 2 aromatic rings. The van der Waals surface area contributed by atoms with Gasteiger partial charge in [0.05, 0.1) is 12.7 Å². The first-order valence-electron chi connectivity index (χ1n) is 6.61. The third-order valence-electron chi connectivity index (χ3n) is 3.33. The summed E-state index contributed by atoms with van der Waals surface area (Å²) in [5.74, 6) is 0.901.